The first-order valence-electron chi connectivity index (χ1n) is 5.08. The maximum atomic E-state index is 13.2. The quantitative estimate of drug-likeness (QED) is 0.863. The number of hydrogen-bond donors (Lipinski definition) is 1. The van der Waals surface area contributed by atoms with Crippen molar-refractivity contribution in [1.29, 1.82) is 0 Å². The molecule has 0 heterocycles. The van der Waals surface area contributed by atoms with Gasteiger partial charge in [0.2, 0.25) is 0 Å². The molecule has 0 aliphatic heterocycles. The Morgan fingerprint density at radius 3 is 2.22 bits per heavy atom. The summed E-state index contributed by atoms with van der Waals surface area (Å²) in [4.78, 5) is 9.49. The Balaban J connectivity index is 2.13. The van der Waals surface area contributed by atoms with E-state index < -0.39 is 13.6 Å². The lowest BCUT2D eigenvalue weighted by Gasteiger charge is -2.13. The van der Waals surface area contributed by atoms with Crippen molar-refractivity contribution >= 4 is 7.82 Å². The summed E-state index contributed by atoms with van der Waals surface area (Å²) in [7, 11) is -4.40. The van der Waals surface area contributed by atoms with Crippen LogP contribution in [0.3, 0.4) is 0 Å². The molecule has 0 aliphatic rings. The van der Waals surface area contributed by atoms with Crippen molar-refractivity contribution in [3.63, 3.8) is 0 Å². The third-order valence-corrected chi connectivity index (χ3v) is 2.88. The van der Waals surface area contributed by atoms with E-state index in [2.05, 4.69) is 4.52 Å². The molecule has 0 aliphatic carbocycles. The van der Waals surface area contributed by atoms with Gasteiger partial charge in [-0.15, -0.1) is 0 Å². The predicted octanol–water partition coefficient (Wildman–Crippen LogP) is 3.38. The van der Waals surface area contributed by atoms with Gasteiger partial charge in [0.05, 0.1) is 0 Å². The second kappa shape index (κ2) is 5.21. The molecular weight excluding hydrogens is 258 g/mol. The lowest BCUT2D eigenvalue weighted by Crippen LogP contribution is -2.00. The molecule has 2 rings (SSSR count). The Hall–Kier alpha value is -1.84. The van der Waals surface area contributed by atoms with Gasteiger partial charge in [0.25, 0.3) is 0 Å². The predicted molar refractivity (Wildman–Crippen MR) is 63.9 cm³/mol. The van der Waals surface area contributed by atoms with Gasteiger partial charge in [-0.3, -0.25) is 4.89 Å². The minimum atomic E-state index is -4.40. The van der Waals surface area contributed by atoms with E-state index in [1.807, 2.05) is 0 Å². The zero-order valence-electron chi connectivity index (χ0n) is 9.19. The number of phosphoric ester groups is 1. The zero-order chi connectivity index (χ0) is 13.0. The van der Waals surface area contributed by atoms with Gasteiger partial charge in [-0.1, -0.05) is 30.3 Å². The lowest BCUT2D eigenvalue weighted by atomic mass is 10.3. The monoisotopic (exact) mass is 268 g/mol. The van der Waals surface area contributed by atoms with Crippen LogP contribution in [0.1, 0.15) is 0 Å². The Kier molecular flexibility index (Phi) is 3.65. The molecule has 1 atom stereocenters. The van der Waals surface area contributed by atoms with Crippen LogP contribution in [-0.4, -0.2) is 4.89 Å². The Bertz CT molecular complexity index is 573. The van der Waals surface area contributed by atoms with Gasteiger partial charge in [-0.05, 0) is 24.3 Å². The van der Waals surface area contributed by atoms with Crippen molar-refractivity contribution < 1.29 is 22.9 Å². The molecular formula is C12H10FO4P. The zero-order valence-corrected chi connectivity index (χ0v) is 10.1. The van der Waals surface area contributed by atoms with Gasteiger partial charge in [0.1, 0.15) is 5.75 Å². The second-order valence-electron chi connectivity index (χ2n) is 3.39. The van der Waals surface area contributed by atoms with Crippen LogP contribution in [-0.2, 0) is 4.57 Å². The fraction of sp³-hybridized carbons (Fsp3) is 0. The van der Waals surface area contributed by atoms with Crippen molar-refractivity contribution in [2.45, 2.75) is 0 Å². The Labute approximate surface area is 103 Å². The highest BCUT2D eigenvalue weighted by Gasteiger charge is 2.26. The van der Waals surface area contributed by atoms with Gasteiger partial charge in [-0.25, -0.2) is 8.96 Å². The molecule has 0 aromatic heterocycles. The normalized spacial score (nSPS) is 13.7. The maximum Gasteiger partial charge on any atom is 0.585 e. The van der Waals surface area contributed by atoms with Crippen LogP contribution in [0, 0.1) is 5.82 Å². The van der Waals surface area contributed by atoms with Gasteiger partial charge >= 0.3 is 7.82 Å². The molecule has 0 bridgehead atoms. The molecule has 2 aromatic rings. The fourth-order valence-electron chi connectivity index (χ4n) is 1.28. The van der Waals surface area contributed by atoms with Crippen LogP contribution in [0.4, 0.5) is 4.39 Å². The Morgan fingerprint density at radius 1 is 0.944 bits per heavy atom. The van der Waals surface area contributed by atoms with Crippen molar-refractivity contribution in [1.82, 2.24) is 0 Å². The topological polar surface area (TPSA) is 55.8 Å². The van der Waals surface area contributed by atoms with E-state index in [9.17, 15) is 13.8 Å². The minimum Gasteiger partial charge on any atom is -0.395 e. The molecule has 6 heteroatoms. The van der Waals surface area contributed by atoms with Gasteiger partial charge in [0, 0.05) is 0 Å². The molecule has 94 valence electrons. The van der Waals surface area contributed by atoms with Crippen LogP contribution in [0.15, 0.2) is 54.6 Å². The van der Waals surface area contributed by atoms with E-state index in [0.717, 1.165) is 6.07 Å². The lowest BCUT2D eigenvalue weighted by molar-refractivity contribution is 0.286. The summed E-state index contributed by atoms with van der Waals surface area (Å²) in [5.74, 6) is -0.901. The minimum absolute atomic E-state index is 0.166. The number of rotatable bonds is 4. The number of hydrogen-bond acceptors (Lipinski definition) is 3. The number of phosphoric acid groups is 1. The summed E-state index contributed by atoms with van der Waals surface area (Å²) in [6.07, 6.45) is 0. The summed E-state index contributed by atoms with van der Waals surface area (Å²) >= 11 is 0. The molecule has 1 N–H and O–H groups in total. The van der Waals surface area contributed by atoms with E-state index in [1.165, 1.54) is 30.3 Å². The molecule has 0 saturated carbocycles. The van der Waals surface area contributed by atoms with Gasteiger partial charge in [0.15, 0.2) is 11.6 Å². The highest BCUT2D eigenvalue weighted by atomic mass is 31.2. The van der Waals surface area contributed by atoms with Gasteiger partial charge in [-0.2, -0.15) is 0 Å². The van der Waals surface area contributed by atoms with Gasteiger partial charge < -0.3 is 9.05 Å². The molecule has 0 radical (unpaired) electrons. The number of halogens is 1. The molecule has 1 unspecified atom stereocenters. The van der Waals surface area contributed by atoms with E-state index in [1.54, 1.807) is 18.2 Å². The summed E-state index contributed by atoms with van der Waals surface area (Å²) in [6.45, 7) is 0. The first kappa shape index (κ1) is 12.6. The largest absolute Gasteiger partial charge is 0.585 e. The third kappa shape index (κ3) is 3.32. The smallest absolute Gasteiger partial charge is 0.395 e. The maximum absolute atomic E-state index is 13.2. The van der Waals surface area contributed by atoms with E-state index in [4.69, 9.17) is 4.52 Å². The van der Waals surface area contributed by atoms with Crippen LogP contribution in [0.5, 0.6) is 11.5 Å². The summed E-state index contributed by atoms with van der Waals surface area (Å²) in [6, 6.07) is 13.3. The standard InChI is InChI=1S/C12H10FO4P/c13-11-8-4-5-9-12(11)17-18(14,15)16-10-6-2-1-3-7-10/h1-9H,(H,14,15). The van der Waals surface area contributed by atoms with Crippen molar-refractivity contribution in [3.8, 4) is 11.5 Å². The SMILES string of the molecule is O=P(O)(Oc1ccccc1)Oc1ccccc1F. The third-order valence-electron chi connectivity index (χ3n) is 2.01. The van der Waals surface area contributed by atoms with Crippen molar-refractivity contribution in [2.24, 2.45) is 0 Å². The second-order valence-corrected chi connectivity index (χ2v) is 4.70. The first-order chi connectivity index (χ1) is 8.57. The summed E-state index contributed by atoms with van der Waals surface area (Å²) < 4.78 is 34.3. The highest BCUT2D eigenvalue weighted by molar-refractivity contribution is 7.48. The Morgan fingerprint density at radius 2 is 1.56 bits per heavy atom. The van der Waals surface area contributed by atoms with Crippen LogP contribution in [0.2, 0.25) is 0 Å². The van der Waals surface area contributed by atoms with Crippen LogP contribution in [0.25, 0.3) is 0 Å². The fourth-order valence-corrected chi connectivity index (χ4v) is 2.10. The van der Waals surface area contributed by atoms with E-state index >= 15 is 0 Å². The molecule has 0 spiro atoms. The van der Waals surface area contributed by atoms with E-state index in [0.29, 0.717) is 0 Å². The van der Waals surface area contributed by atoms with Crippen molar-refractivity contribution in [3.05, 3.63) is 60.4 Å². The molecule has 2 aromatic carbocycles. The number of para-hydroxylation sites is 2. The number of benzene rings is 2. The molecule has 18 heavy (non-hydrogen) atoms. The first-order valence-corrected chi connectivity index (χ1v) is 6.58. The summed E-state index contributed by atoms with van der Waals surface area (Å²) in [5.41, 5.74) is 0. The highest BCUT2D eigenvalue weighted by Crippen LogP contribution is 2.44. The molecule has 0 fully saturated rings. The van der Waals surface area contributed by atoms with Crippen LogP contribution >= 0.6 is 7.82 Å². The summed E-state index contributed by atoms with van der Waals surface area (Å²) in [5, 5.41) is 0. The average Bonchev–Trinajstić information content (AvgIpc) is 2.32. The molecule has 4 nitrogen and oxygen atoms in total. The molecule has 0 amide bonds. The molecule has 0 saturated heterocycles. The van der Waals surface area contributed by atoms with Crippen LogP contribution < -0.4 is 9.05 Å². The average molecular weight is 268 g/mol. The van der Waals surface area contributed by atoms with Crippen molar-refractivity contribution in [2.75, 3.05) is 0 Å². The van der Waals surface area contributed by atoms with E-state index in [-0.39, 0.29) is 11.5 Å².